The molecule has 0 atom stereocenters. The Balaban J connectivity index is 1.70. The van der Waals surface area contributed by atoms with Gasteiger partial charge in [0.25, 0.3) is 0 Å². The molecule has 0 amide bonds. The number of aromatic nitrogens is 1. The molecule has 0 saturated carbocycles. The molecule has 20 heavy (non-hydrogen) atoms. The summed E-state index contributed by atoms with van der Waals surface area (Å²) in [5, 5.41) is 0. The van der Waals surface area contributed by atoms with E-state index >= 15 is 0 Å². The fraction of sp³-hybridized carbons (Fsp3) is 0.312. The Morgan fingerprint density at radius 3 is 2.40 bits per heavy atom. The first kappa shape index (κ1) is 12.8. The van der Waals surface area contributed by atoms with Gasteiger partial charge < -0.3 is 15.5 Å². The second-order valence-corrected chi connectivity index (χ2v) is 5.19. The van der Waals surface area contributed by atoms with E-state index < -0.39 is 0 Å². The van der Waals surface area contributed by atoms with Crippen LogP contribution in [0.4, 0.5) is 17.1 Å². The first-order valence-electron chi connectivity index (χ1n) is 7.01. The molecule has 0 radical (unpaired) electrons. The van der Waals surface area contributed by atoms with E-state index in [0.717, 1.165) is 43.2 Å². The van der Waals surface area contributed by atoms with Crippen LogP contribution < -0.4 is 15.5 Å². The summed E-state index contributed by atoms with van der Waals surface area (Å²) in [4.78, 5) is 9.02. The highest BCUT2D eigenvalue weighted by atomic mass is 15.3. The molecule has 0 aliphatic carbocycles. The number of anilines is 3. The van der Waals surface area contributed by atoms with Crippen molar-refractivity contribution in [3.63, 3.8) is 0 Å². The third-order valence-electron chi connectivity index (χ3n) is 3.80. The van der Waals surface area contributed by atoms with Crippen LogP contribution in [0.5, 0.6) is 0 Å². The van der Waals surface area contributed by atoms with Gasteiger partial charge in [-0.1, -0.05) is 12.1 Å². The zero-order chi connectivity index (χ0) is 13.9. The predicted molar refractivity (Wildman–Crippen MR) is 84.3 cm³/mol. The quantitative estimate of drug-likeness (QED) is 0.849. The van der Waals surface area contributed by atoms with Crippen LogP contribution in [0.25, 0.3) is 0 Å². The topological polar surface area (TPSA) is 45.4 Å². The van der Waals surface area contributed by atoms with Crippen molar-refractivity contribution in [3.8, 4) is 0 Å². The van der Waals surface area contributed by atoms with Crippen LogP contribution in [0.15, 0.2) is 42.6 Å². The Morgan fingerprint density at radius 2 is 1.70 bits per heavy atom. The zero-order valence-electron chi connectivity index (χ0n) is 11.8. The molecule has 2 aromatic rings. The number of pyridine rings is 1. The van der Waals surface area contributed by atoms with Gasteiger partial charge in [0.15, 0.2) is 0 Å². The minimum absolute atomic E-state index is 0.862. The summed E-state index contributed by atoms with van der Waals surface area (Å²) in [6.07, 6.45) is 1.88. The van der Waals surface area contributed by atoms with Crippen LogP contribution >= 0.6 is 0 Å². The highest BCUT2D eigenvalue weighted by molar-refractivity contribution is 5.68. The molecule has 1 aromatic heterocycles. The van der Waals surface area contributed by atoms with E-state index in [1.807, 2.05) is 31.3 Å². The van der Waals surface area contributed by atoms with Crippen LogP contribution in [0.1, 0.15) is 5.69 Å². The largest absolute Gasteiger partial charge is 0.397 e. The molecule has 3 rings (SSSR count). The van der Waals surface area contributed by atoms with Gasteiger partial charge in [-0.05, 0) is 31.2 Å². The maximum atomic E-state index is 6.05. The van der Waals surface area contributed by atoms with Gasteiger partial charge in [-0.2, -0.15) is 0 Å². The minimum atomic E-state index is 0.862. The van der Waals surface area contributed by atoms with Crippen molar-refractivity contribution in [1.29, 1.82) is 0 Å². The number of para-hydroxylation sites is 2. The highest BCUT2D eigenvalue weighted by Crippen LogP contribution is 2.25. The number of piperazine rings is 1. The molecular weight excluding hydrogens is 248 g/mol. The summed E-state index contributed by atoms with van der Waals surface area (Å²) in [5.41, 5.74) is 10.4. The Morgan fingerprint density at radius 1 is 1.00 bits per heavy atom. The van der Waals surface area contributed by atoms with Crippen LogP contribution in [-0.4, -0.2) is 31.2 Å². The molecule has 0 unspecified atom stereocenters. The summed E-state index contributed by atoms with van der Waals surface area (Å²) in [5.74, 6) is 0. The molecule has 1 aromatic carbocycles. The summed E-state index contributed by atoms with van der Waals surface area (Å²) < 4.78 is 0. The maximum Gasteiger partial charge on any atom is 0.0601 e. The number of aryl methyl sites for hydroxylation is 1. The lowest BCUT2D eigenvalue weighted by Crippen LogP contribution is -2.46. The Bertz CT molecular complexity index is 589. The summed E-state index contributed by atoms with van der Waals surface area (Å²) in [7, 11) is 0. The Kier molecular flexibility index (Phi) is 3.46. The van der Waals surface area contributed by atoms with Gasteiger partial charge in [0.1, 0.15) is 0 Å². The van der Waals surface area contributed by atoms with E-state index in [0.29, 0.717) is 0 Å². The average molecular weight is 268 g/mol. The first-order chi connectivity index (χ1) is 9.74. The van der Waals surface area contributed by atoms with E-state index in [-0.39, 0.29) is 0 Å². The van der Waals surface area contributed by atoms with Gasteiger partial charge in [0.05, 0.1) is 11.4 Å². The molecule has 104 valence electrons. The van der Waals surface area contributed by atoms with Gasteiger partial charge >= 0.3 is 0 Å². The number of benzene rings is 1. The molecule has 1 fully saturated rings. The number of nitrogens with zero attached hydrogens (tertiary/aromatic N) is 3. The molecule has 2 heterocycles. The maximum absolute atomic E-state index is 6.05. The third-order valence-corrected chi connectivity index (χ3v) is 3.80. The molecule has 1 saturated heterocycles. The van der Waals surface area contributed by atoms with Crippen molar-refractivity contribution < 1.29 is 0 Å². The number of hydrogen-bond donors (Lipinski definition) is 1. The van der Waals surface area contributed by atoms with Crippen LogP contribution in [0, 0.1) is 6.92 Å². The highest BCUT2D eigenvalue weighted by Gasteiger charge is 2.18. The molecule has 1 aliphatic rings. The Labute approximate surface area is 119 Å². The van der Waals surface area contributed by atoms with E-state index in [2.05, 4.69) is 33.0 Å². The van der Waals surface area contributed by atoms with Crippen LogP contribution in [0.3, 0.4) is 0 Å². The van der Waals surface area contributed by atoms with Crippen molar-refractivity contribution in [3.05, 3.63) is 48.3 Å². The van der Waals surface area contributed by atoms with Crippen LogP contribution in [0.2, 0.25) is 0 Å². The normalized spacial score (nSPS) is 15.4. The minimum Gasteiger partial charge on any atom is -0.397 e. The monoisotopic (exact) mass is 268 g/mol. The lowest BCUT2D eigenvalue weighted by molar-refractivity contribution is 0.653. The SMILES string of the molecule is Cc1cc(N2CCN(c3ccccc3N)CC2)ccn1. The van der Waals surface area contributed by atoms with Crippen molar-refractivity contribution in [1.82, 2.24) is 4.98 Å². The summed E-state index contributed by atoms with van der Waals surface area (Å²) in [6, 6.07) is 12.3. The van der Waals surface area contributed by atoms with E-state index in [4.69, 9.17) is 5.73 Å². The molecule has 2 N–H and O–H groups in total. The van der Waals surface area contributed by atoms with Crippen molar-refractivity contribution in [2.24, 2.45) is 0 Å². The second-order valence-electron chi connectivity index (χ2n) is 5.19. The van der Waals surface area contributed by atoms with Crippen LogP contribution in [-0.2, 0) is 0 Å². The molecule has 0 bridgehead atoms. The molecule has 1 aliphatic heterocycles. The summed E-state index contributed by atoms with van der Waals surface area (Å²) >= 11 is 0. The smallest absolute Gasteiger partial charge is 0.0601 e. The fourth-order valence-electron chi connectivity index (χ4n) is 2.71. The average Bonchev–Trinajstić information content (AvgIpc) is 2.48. The van der Waals surface area contributed by atoms with Crippen molar-refractivity contribution >= 4 is 17.1 Å². The van der Waals surface area contributed by atoms with Gasteiger partial charge in [-0.3, -0.25) is 4.98 Å². The van der Waals surface area contributed by atoms with E-state index in [9.17, 15) is 0 Å². The number of rotatable bonds is 2. The zero-order valence-corrected chi connectivity index (χ0v) is 11.8. The second kappa shape index (κ2) is 5.41. The van der Waals surface area contributed by atoms with Gasteiger partial charge in [-0.15, -0.1) is 0 Å². The lowest BCUT2D eigenvalue weighted by atomic mass is 10.2. The standard InChI is InChI=1S/C16H20N4/c1-13-12-14(6-7-18-13)19-8-10-20(11-9-19)16-5-3-2-4-15(16)17/h2-7,12H,8-11,17H2,1H3. The van der Waals surface area contributed by atoms with E-state index in [1.54, 1.807) is 0 Å². The van der Waals surface area contributed by atoms with Gasteiger partial charge in [0, 0.05) is 43.8 Å². The van der Waals surface area contributed by atoms with Gasteiger partial charge in [0.2, 0.25) is 0 Å². The predicted octanol–water partition coefficient (Wildman–Crippen LogP) is 2.30. The summed E-state index contributed by atoms with van der Waals surface area (Å²) in [6.45, 7) is 6.05. The molecule has 0 spiro atoms. The van der Waals surface area contributed by atoms with Gasteiger partial charge in [-0.25, -0.2) is 0 Å². The Hall–Kier alpha value is -2.23. The lowest BCUT2D eigenvalue weighted by Gasteiger charge is -2.37. The molecule has 4 heteroatoms. The number of nitrogen functional groups attached to an aromatic ring is 1. The van der Waals surface area contributed by atoms with E-state index in [1.165, 1.54) is 5.69 Å². The van der Waals surface area contributed by atoms with Crippen molar-refractivity contribution in [2.75, 3.05) is 41.7 Å². The first-order valence-corrected chi connectivity index (χ1v) is 7.01. The third kappa shape index (κ3) is 2.54. The number of hydrogen-bond acceptors (Lipinski definition) is 4. The fourth-order valence-corrected chi connectivity index (χ4v) is 2.71. The van der Waals surface area contributed by atoms with Crippen molar-refractivity contribution in [2.45, 2.75) is 6.92 Å². The number of nitrogens with two attached hydrogens (primary N) is 1. The molecule has 4 nitrogen and oxygen atoms in total. The molecular formula is C16H20N4.